The third kappa shape index (κ3) is 4.83. The van der Waals surface area contributed by atoms with E-state index in [2.05, 4.69) is 4.98 Å². The molecule has 0 atom stereocenters. The van der Waals surface area contributed by atoms with Crippen LogP contribution in [0.25, 0.3) is 0 Å². The van der Waals surface area contributed by atoms with Crippen LogP contribution in [0.3, 0.4) is 0 Å². The van der Waals surface area contributed by atoms with E-state index in [0.29, 0.717) is 16.2 Å². The zero-order valence-electron chi connectivity index (χ0n) is 13.8. The smallest absolute Gasteiger partial charge is 0.340 e. The Morgan fingerprint density at radius 1 is 1.17 bits per heavy atom. The number of Topliss-reactive ketones (excluding diaryl/α,β-unsaturated/α-hetero) is 1. The number of esters is 1. The van der Waals surface area contributed by atoms with Gasteiger partial charge in [0.2, 0.25) is 0 Å². The lowest BCUT2D eigenvalue weighted by molar-refractivity contribution is 0.0595. The Labute approximate surface area is 145 Å². The summed E-state index contributed by atoms with van der Waals surface area (Å²) in [4.78, 5) is 28.1. The Morgan fingerprint density at radius 2 is 1.88 bits per heavy atom. The highest BCUT2D eigenvalue weighted by Crippen LogP contribution is 2.22. The number of ketones is 1. The van der Waals surface area contributed by atoms with Crippen LogP contribution in [0.15, 0.2) is 47.6 Å². The highest BCUT2D eigenvalue weighted by atomic mass is 32.2. The topological polar surface area (TPSA) is 65.5 Å². The van der Waals surface area contributed by atoms with E-state index in [4.69, 9.17) is 9.47 Å². The molecule has 1 heterocycles. The SMILES string of the molecule is COC(=O)c1cccnc1SCC(=O)c1ccc(OC(C)C)cc1. The number of carbonyl (C=O) groups excluding carboxylic acids is 2. The molecule has 0 saturated carbocycles. The van der Waals surface area contributed by atoms with Crippen LogP contribution < -0.4 is 4.74 Å². The maximum Gasteiger partial charge on any atom is 0.340 e. The first-order valence-corrected chi connectivity index (χ1v) is 8.46. The van der Waals surface area contributed by atoms with E-state index in [1.54, 1.807) is 42.6 Å². The molecule has 2 rings (SSSR count). The third-order valence-electron chi connectivity index (χ3n) is 3.06. The summed E-state index contributed by atoms with van der Waals surface area (Å²) in [5.74, 6) is 0.406. The number of nitrogens with zero attached hydrogens (tertiary/aromatic N) is 1. The lowest BCUT2D eigenvalue weighted by atomic mass is 10.1. The second-order valence-corrected chi connectivity index (χ2v) is 6.21. The van der Waals surface area contributed by atoms with Crippen molar-refractivity contribution in [1.29, 1.82) is 0 Å². The number of pyridine rings is 1. The van der Waals surface area contributed by atoms with Gasteiger partial charge in [-0.05, 0) is 50.2 Å². The number of methoxy groups -OCH3 is 1. The highest BCUT2D eigenvalue weighted by Gasteiger charge is 2.15. The predicted octanol–water partition coefficient (Wildman–Crippen LogP) is 3.63. The van der Waals surface area contributed by atoms with E-state index in [1.807, 2.05) is 13.8 Å². The summed E-state index contributed by atoms with van der Waals surface area (Å²) in [5, 5.41) is 0.484. The first kappa shape index (κ1) is 18.0. The number of benzene rings is 1. The van der Waals surface area contributed by atoms with Gasteiger partial charge in [0.25, 0.3) is 0 Å². The number of hydrogen-bond acceptors (Lipinski definition) is 6. The van der Waals surface area contributed by atoms with E-state index >= 15 is 0 Å². The molecule has 0 amide bonds. The van der Waals surface area contributed by atoms with E-state index in [1.165, 1.54) is 18.9 Å². The monoisotopic (exact) mass is 345 g/mol. The molecular formula is C18H19NO4S. The summed E-state index contributed by atoms with van der Waals surface area (Å²) >= 11 is 1.22. The summed E-state index contributed by atoms with van der Waals surface area (Å²) in [7, 11) is 1.32. The molecule has 2 aromatic rings. The fourth-order valence-electron chi connectivity index (χ4n) is 1.98. The van der Waals surface area contributed by atoms with Crippen LogP contribution in [0.1, 0.15) is 34.6 Å². The van der Waals surface area contributed by atoms with Gasteiger partial charge in [0.05, 0.1) is 24.5 Å². The molecule has 0 aliphatic carbocycles. The maximum absolute atomic E-state index is 12.3. The quantitative estimate of drug-likeness (QED) is 0.434. The van der Waals surface area contributed by atoms with Crippen LogP contribution in [0, 0.1) is 0 Å². The molecule has 1 aromatic heterocycles. The number of aromatic nitrogens is 1. The molecule has 1 aromatic carbocycles. The van der Waals surface area contributed by atoms with Crippen molar-refractivity contribution in [3.63, 3.8) is 0 Å². The fraction of sp³-hybridized carbons (Fsp3) is 0.278. The summed E-state index contributed by atoms with van der Waals surface area (Å²) in [6.45, 7) is 3.89. The zero-order valence-corrected chi connectivity index (χ0v) is 14.6. The second kappa shape index (κ2) is 8.49. The second-order valence-electron chi connectivity index (χ2n) is 5.25. The summed E-state index contributed by atoms with van der Waals surface area (Å²) in [5.41, 5.74) is 0.952. The van der Waals surface area contributed by atoms with Crippen molar-refractivity contribution in [2.24, 2.45) is 0 Å². The molecule has 126 valence electrons. The van der Waals surface area contributed by atoms with Crippen molar-refractivity contribution in [3.05, 3.63) is 53.7 Å². The van der Waals surface area contributed by atoms with Crippen molar-refractivity contribution in [3.8, 4) is 5.75 Å². The van der Waals surface area contributed by atoms with Crippen molar-refractivity contribution in [2.45, 2.75) is 25.0 Å². The first-order valence-electron chi connectivity index (χ1n) is 7.47. The molecule has 5 nitrogen and oxygen atoms in total. The highest BCUT2D eigenvalue weighted by molar-refractivity contribution is 8.00. The van der Waals surface area contributed by atoms with Crippen LogP contribution in [-0.4, -0.2) is 35.7 Å². The standard InChI is InChI=1S/C18H19NO4S/c1-12(2)23-14-8-6-13(7-9-14)16(20)11-24-17-15(18(21)22-3)5-4-10-19-17/h4-10,12H,11H2,1-3H3. The van der Waals surface area contributed by atoms with Crippen LogP contribution in [0.5, 0.6) is 5.75 Å². The fourth-order valence-corrected chi connectivity index (χ4v) is 2.86. The molecular weight excluding hydrogens is 326 g/mol. The van der Waals surface area contributed by atoms with Gasteiger partial charge < -0.3 is 9.47 Å². The summed E-state index contributed by atoms with van der Waals surface area (Å²) in [6.07, 6.45) is 1.67. The average molecular weight is 345 g/mol. The third-order valence-corrected chi connectivity index (χ3v) is 4.07. The van der Waals surface area contributed by atoms with Crippen molar-refractivity contribution in [2.75, 3.05) is 12.9 Å². The maximum atomic E-state index is 12.3. The number of rotatable bonds is 7. The Morgan fingerprint density at radius 3 is 2.50 bits per heavy atom. The molecule has 6 heteroatoms. The Bertz CT molecular complexity index is 713. The zero-order chi connectivity index (χ0) is 17.5. The van der Waals surface area contributed by atoms with E-state index in [0.717, 1.165) is 5.75 Å². The van der Waals surface area contributed by atoms with E-state index in [9.17, 15) is 9.59 Å². The predicted molar refractivity (Wildman–Crippen MR) is 92.8 cm³/mol. The molecule has 0 aliphatic rings. The summed E-state index contributed by atoms with van der Waals surface area (Å²) < 4.78 is 10.3. The molecule has 0 saturated heterocycles. The molecule has 0 spiro atoms. The first-order chi connectivity index (χ1) is 11.5. The number of thioether (sulfide) groups is 1. The summed E-state index contributed by atoms with van der Waals surface area (Å²) in [6, 6.07) is 10.3. The molecule has 0 fully saturated rings. The number of hydrogen-bond donors (Lipinski definition) is 0. The lowest BCUT2D eigenvalue weighted by Crippen LogP contribution is -2.08. The minimum absolute atomic E-state index is 0.0439. The van der Waals surface area contributed by atoms with E-state index in [-0.39, 0.29) is 17.6 Å². The van der Waals surface area contributed by atoms with Crippen molar-refractivity contribution < 1.29 is 19.1 Å². The molecule has 0 N–H and O–H groups in total. The average Bonchev–Trinajstić information content (AvgIpc) is 2.59. The lowest BCUT2D eigenvalue weighted by Gasteiger charge is -2.10. The van der Waals surface area contributed by atoms with E-state index < -0.39 is 5.97 Å². The van der Waals surface area contributed by atoms with Crippen molar-refractivity contribution in [1.82, 2.24) is 4.98 Å². The van der Waals surface area contributed by atoms with Gasteiger partial charge in [0.1, 0.15) is 10.8 Å². The van der Waals surface area contributed by atoms with Crippen LogP contribution >= 0.6 is 11.8 Å². The molecule has 24 heavy (non-hydrogen) atoms. The Hall–Kier alpha value is -2.34. The van der Waals surface area contributed by atoms with Gasteiger partial charge in [-0.3, -0.25) is 4.79 Å². The van der Waals surface area contributed by atoms with Gasteiger partial charge in [-0.2, -0.15) is 0 Å². The van der Waals surface area contributed by atoms with Crippen LogP contribution in [-0.2, 0) is 4.74 Å². The van der Waals surface area contributed by atoms with Gasteiger partial charge in [-0.15, -0.1) is 0 Å². The van der Waals surface area contributed by atoms with Gasteiger partial charge in [0, 0.05) is 11.8 Å². The van der Waals surface area contributed by atoms with Gasteiger partial charge in [-0.1, -0.05) is 11.8 Å². The van der Waals surface area contributed by atoms with Crippen LogP contribution in [0.4, 0.5) is 0 Å². The Balaban J connectivity index is 2.02. The number of carbonyl (C=O) groups is 2. The number of ether oxygens (including phenoxy) is 2. The largest absolute Gasteiger partial charge is 0.491 e. The minimum atomic E-state index is -0.465. The van der Waals surface area contributed by atoms with Gasteiger partial charge >= 0.3 is 5.97 Å². The normalized spacial score (nSPS) is 10.5. The van der Waals surface area contributed by atoms with Gasteiger partial charge in [0.15, 0.2) is 5.78 Å². The Kier molecular flexibility index (Phi) is 6.37. The minimum Gasteiger partial charge on any atom is -0.491 e. The van der Waals surface area contributed by atoms with Gasteiger partial charge in [-0.25, -0.2) is 9.78 Å². The molecule has 0 bridgehead atoms. The van der Waals surface area contributed by atoms with Crippen LogP contribution in [0.2, 0.25) is 0 Å². The molecule has 0 aliphatic heterocycles. The molecule has 0 radical (unpaired) electrons. The van der Waals surface area contributed by atoms with Crippen molar-refractivity contribution >= 4 is 23.5 Å². The molecule has 0 unspecified atom stereocenters.